The molecule has 0 aromatic carbocycles. The molecule has 0 heterocycles. The maximum Gasteiger partial charge on any atom is -0.0294 e. The average Bonchev–Trinajstić information content (AvgIpc) is 2.30. The van der Waals surface area contributed by atoms with Gasteiger partial charge in [0.15, 0.2) is 0 Å². The molecule has 0 N–H and O–H groups in total. The van der Waals surface area contributed by atoms with Crippen LogP contribution in [-0.2, 0) is 0 Å². The minimum absolute atomic E-state index is 1.12. The van der Waals surface area contributed by atoms with Gasteiger partial charge in [0.2, 0.25) is 0 Å². The Hall–Kier alpha value is -0.780. The zero-order chi connectivity index (χ0) is 7.56. The number of hydrogen-bond acceptors (Lipinski definition) is 0. The first-order valence-corrected chi connectivity index (χ1v) is 3.89. The van der Waals surface area contributed by atoms with Crippen molar-refractivity contribution in [1.82, 2.24) is 0 Å². The molecule has 0 saturated carbocycles. The molecule has 0 nitrogen and oxygen atoms in total. The standard InChI is InChI=1S/C10H14/c1-4-9-7-6-8(3)10(9)5-2/h6-7H,3-5H2,1-2H3. The van der Waals surface area contributed by atoms with E-state index < -0.39 is 0 Å². The monoisotopic (exact) mass is 134 g/mol. The van der Waals surface area contributed by atoms with Gasteiger partial charge in [-0.25, -0.2) is 0 Å². The molecule has 10 heavy (non-hydrogen) atoms. The molecule has 0 spiro atoms. The summed E-state index contributed by atoms with van der Waals surface area (Å²) in [5, 5.41) is 0. The molecule has 0 aromatic heterocycles. The minimum Gasteiger partial charge on any atom is -0.0915 e. The summed E-state index contributed by atoms with van der Waals surface area (Å²) in [6, 6.07) is 0. The van der Waals surface area contributed by atoms with Crippen molar-refractivity contribution in [2.24, 2.45) is 0 Å². The van der Waals surface area contributed by atoms with E-state index >= 15 is 0 Å². The number of hydrogen-bond donors (Lipinski definition) is 0. The van der Waals surface area contributed by atoms with E-state index in [2.05, 4.69) is 32.6 Å². The Morgan fingerprint density at radius 1 is 1.20 bits per heavy atom. The van der Waals surface area contributed by atoms with E-state index in [0.717, 1.165) is 12.8 Å². The molecule has 0 heteroatoms. The predicted octanol–water partition coefficient (Wildman–Crippen LogP) is 3.23. The van der Waals surface area contributed by atoms with Gasteiger partial charge in [0, 0.05) is 0 Å². The van der Waals surface area contributed by atoms with Crippen molar-refractivity contribution in [2.45, 2.75) is 26.7 Å². The van der Waals surface area contributed by atoms with Crippen LogP contribution >= 0.6 is 0 Å². The lowest BCUT2D eigenvalue weighted by Gasteiger charge is -2.01. The van der Waals surface area contributed by atoms with Crippen LogP contribution in [0.2, 0.25) is 0 Å². The molecule has 1 aliphatic rings. The van der Waals surface area contributed by atoms with Crippen LogP contribution in [0.3, 0.4) is 0 Å². The van der Waals surface area contributed by atoms with Crippen LogP contribution in [0.25, 0.3) is 0 Å². The Bertz CT molecular complexity index is 198. The van der Waals surface area contributed by atoms with Crippen molar-refractivity contribution in [2.75, 3.05) is 0 Å². The lowest BCUT2D eigenvalue weighted by molar-refractivity contribution is 1.05. The zero-order valence-corrected chi connectivity index (χ0v) is 6.78. The average molecular weight is 134 g/mol. The Morgan fingerprint density at radius 3 is 2.30 bits per heavy atom. The van der Waals surface area contributed by atoms with Crippen molar-refractivity contribution in [3.8, 4) is 0 Å². The topological polar surface area (TPSA) is 0 Å². The van der Waals surface area contributed by atoms with Crippen LogP contribution in [-0.4, -0.2) is 0 Å². The maximum absolute atomic E-state index is 3.96. The Balaban J connectivity index is 2.90. The summed E-state index contributed by atoms with van der Waals surface area (Å²) < 4.78 is 0. The molecular formula is C10H14. The number of rotatable bonds is 2. The molecule has 54 valence electrons. The van der Waals surface area contributed by atoms with Crippen molar-refractivity contribution in [3.05, 3.63) is 35.5 Å². The van der Waals surface area contributed by atoms with Gasteiger partial charge in [-0.15, -0.1) is 0 Å². The van der Waals surface area contributed by atoms with Crippen molar-refractivity contribution in [1.29, 1.82) is 0 Å². The molecule has 1 aliphatic carbocycles. The fraction of sp³-hybridized carbons (Fsp3) is 0.400. The van der Waals surface area contributed by atoms with Crippen LogP contribution in [0, 0.1) is 0 Å². The molecule has 0 atom stereocenters. The molecule has 1 rings (SSSR count). The summed E-state index contributed by atoms with van der Waals surface area (Å²) in [6.07, 6.45) is 6.55. The van der Waals surface area contributed by atoms with Gasteiger partial charge in [-0.3, -0.25) is 0 Å². The van der Waals surface area contributed by atoms with Gasteiger partial charge in [-0.1, -0.05) is 32.6 Å². The summed E-state index contributed by atoms with van der Waals surface area (Å²) >= 11 is 0. The molecule has 0 saturated heterocycles. The normalized spacial score (nSPS) is 17.2. The van der Waals surface area contributed by atoms with E-state index in [0.29, 0.717) is 0 Å². The SMILES string of the molecule is C=C1C=CC(CC)=C1CC. The summed E-state index contributed by atoms with van der Waals surface area (Å²) in [7, 11) is 0. The second-order valence-corrected chi connectivity index (χ2v) is 2.57. The van der Waals surface area contributed by atoms with Crippen molar-refractivity contribution in [3.63, 3.8) is 0 Å². The van der Waals surface area contributed by atoms with Gasteiger partial charge in [0.25, 0.3) is 0 Å². The van der Waals surface area contributed by atoms with E-state index in [1.807, 2.05) is 0 Å². The van der Waals surface area contributed by atoms with Gasteiger partial charge in [-0.2, -0.15) is 0 Å². The lowest BCUT2D eigenvalue weighted by Crippen LogP contribution is -1.82. The molecule has 0 aliphatic heterocycles. The molecular weight excluding hydrogens is 120 g/mol. The van der Waals surface area contributed by atoms with Gasteiger partial charge in [-0.05, 0) is 29.6 Å². The summed E-state index contributed by atoms with van der Waals surface area (Å²) in [6.45, 7) is 8.33. The third kappa shape index (κ3) is 1.06. The fourth-order valence-corrected chi connectivity index (χ4v) is 1.39. The lowest BCUT2D eigenvalue weighted by atomic mass is 10.0. The second-order valence-electron chi connectivity index (χ2n) is 2.57. The highest BCUT2D eigenvalue weighted by Gasteiger charge is 2.07. The van der Waals surface area contributed by atoms with Gasteiger partial charge >= 0.3 is 0 Å². The first-order chi connectivity index (χ1) is 4.79. The predicted molar refractivity (Wildman–Crippen MR) is 45.9 cm³/mol. The van der Waals surface area contributed by atoms with Crippen LogP contribution in [0.4, 0.5) is 0 Å². The second kappa shape index (κ2) is 2.87. The van der Waals surface area contributed by atoms with Gasteiger partial charge < -0.3 is 0 Å². The van der Waals surface area contributed by atoms with Crippen LogP contribution in [0.5, 0.6) is 0 Å². The van der Waals surface area contributed by atoms with E-state index in [9.17, 15) is 0 Å². The van der Waals surface area contributed by atoms with Crippen LogP contribution in [0.15, 0.2) is 35.5 Å². The highest BCUT2D eigenvalue weighted by Crippen LogP contribution is 2.27. The molecule has 0 fully saturated rings. The highest BCUT2D eigenvalue weighted by molar-refractivity contribution is 5.51. The Kier molecular flexibility index (Phi) is 2.10. The van der Waals surface area contributed by atoms with Gasteiger partial charge in [0.1, 0.15) is 0 Å². The maximum atomic E-state index is 3.96. The molecule has 0 radical (unpaired) electrons. The highest BCUT2D eigenvalue weighted by atomic mass is 14.1. The first-order valence-electron chi connectivity index (χ1n) is 3.89. The first kappa shape index (κ1) is 7.33. The fourth-order valence-electron chi connectivity index (χ4n) is 1.39. The van der Waals surface area contributed by atoms with Crippen LogP contribution in [0.1, 0.15) is 26.7 Å². The van der Waals surface area contributed by atoms with Crippen LogP contribution < -0.4 is 0 Å². The van der Waals surface area contributed by atoms with E-state index in [1.165, 1.54) is 16.7 Å². The smallest absolute Gasteiger partial charge is 0.0294 e. The third-order valence-corrected chi connectivity index (χ3v) is 2.00. The van der Waals surface area contributed by atoms with E-state index in [-0.39, 0.29) is 0 Å². The molecule has 0 aromatic rings. The molecule has 0 amide bonds. The zero-order valence-electron chi connectivity index (χ0n) is 6.78. The Morgan fingerprint density at radius 2 is 1.90 bits per heavy atom. The molecule has 0 unspecified atom stereocenters. The minimum atomic E-state index is 1.12. The Labute approximate surface area is 62.9 Å². The van der Waals surface area contributed by atoms with E-state index in [1.54, 1.807) is 0 Å². The summed E-state index contributed by atoms with van der Waals surface area (Å²) in [4.78, 5) is 0. The van der Waals surface area contributed by atoms with Gasteiger partial charge in [0.05, 0.1) is 0 Å². The summed E-state index contributed by atoms with van der Waals surface area (Å²) in [5.41, 5.74) is 4.12. The van der Waals surface area contributed by atoms with Crippen molar-refractivity contribution >= 4 is 0 Å². The quantitative estimate of drug-likeness (QED) is 0.544. The largest absolute Gasteiger partial charge is 0.0915 e. The third-order valence-electron chi connectivity index (χ3n) is 2.00. The van der Waals surface area contributed by atoms with E-state index in [4.69, 9.17) is 0 Å². The molecule has 0 bridgehead atoms. The number of allylic oxidation sites excluding steroid dienone is 5. The summed E-state index contributed by atoms with van der Waals surface area (Å²) in [5.74, 6) is 0. The van der Waals surface area contributed by atoms with Crippen molar-refractivity contribution < 1.29 is 0 Å².